The molecule has 1 aromatic carbocycles. The summed E-state index contributed by atoms with van der Waals surface area (Å²) in [5.74, 6) is 0.971. The van der Waals surface area contributed by atoms with Gasteiger partial charge in [-0.2, -0.15) is 0 Å². The van der Waals surface area contributed by atoms with E-state index in [0.29, 0.717) is 0 Å². The van der Waals surface area contributed by atoms with Crippen LogP contribution in [0.5, 0.6) is 5.75 Å². The van der Waals surface area contributed by atoms with E-state index in [1.54, 1.807) is 11.3 Å². The molecule has 2 heterocycles. The van der Waals surface area contributed by atoms with Crippen LogP contribution in [0.4, 0.5) is 0 Å². The Morgan fingerprint density at radius 3 is 2.90 bits per heavy atom. The standard InChI is InChI=1S/C16H20N2OS/c1-4-13-11(2)20-15(18-13)16(17-3)9-10-19-14-8-6-5-7-12(14)16/h5-8,17H,4,9-10H2,1-3H3. The molecular formula is C16H20N2OS. The van der Waals surface area contributed by atoms with Crippen molar-refractivity contribution in [2.24, 2.45) is 0 Å². The third-order valence-electron chi connectivity index (χ3n) is 4.10. The number of nitrogens with zero attached hydrogens (tertiary/aromatic N) is 1. The van der Waals surface area contributed by atoms with Gasteiger partial charge in [0.15, 0.2) is 0 Å². The van der Waals surface area contributed by atoms with Gasteiger partial charge in [-0.25, -0.2) is 4.98 Å². The minimum absolute atomic E-state index is 0.211. The molecule has 0 aliphatic carbocycles. The lowest BCUT2D eigenvalue weighted by atomic mass is 9.85. The van der Waals surface area contributed by atoms with Gasteiger partial charge in [0.2, 0.25) is 0 Å². The number of hydrogen-bond donors (Lipinski definition) is 1. The molecule has 0 saturated carbocycles. The fraction of sp³-hybridized carbons (Fsp3) is 0.438. The first-order valence-electron chi connectivity index (χ1n) is 7.09. The molecule has 3 nitrogen and oxygen atoms in total. The van der Waals surface area contributed by atoms with E-state index < -0.39 is 0 Å². The van der Waals surface area contributed by atoms with Gasteiger partial charge in [0.25, 0.3) is 0 Å². The van der Waals surface area contributed by atoms with E-state index in [2.05, 4.69) is 31.3 Å². The molecule has 106 valence electrons. The van der Waals surface area contributed by atoms with Crippen LogP contribution in [0.2, 0.25) is 0 Å². The van der Waals surface area contributed by atoms with Gasteiger partial charge in [-0.15, -0.1) is 11.3 Å². The number of rotatable bonds is 3. The van der Waals surface area contributed by atoms with Crippen molar-refractivity contribution < 1.29 is 4.74 Å². The van der Waals surface area contributed by atoms with Gasteiger partial charge in [-0.1, -0.05) is 25.1 Å². The lowest BCUT2D eigenvalue weighted by molar-refractivity contribution is 0.217. The summed E-state index contributed by atoms with van der Waals surface area (Å²) in [6, 6.07) is 8.28. The highest BCUT2D eigenvalue weighted by Gasteiger charge is 2.40. The number of benzene rings is 1. The molecular weight excluding hydrogens is 268 g/mol. The first-order valence-corrected chi connectivity index (χ1v) is 7.91. The Kier molecular flexibility index (Phi) is 3.52. The smallest absolute Gasteiger partial charge is 0.124 e. The molecule has 0 amide bonds. The van der Waals surface area contributed by atoms with Gasteiger partial charge in [-0.05, 0) is 26.5 Å². The summed E-state index contributed by atoms with van der Waals surface area (Å²) in [7, 11) is 2.02. The van der Waals surface area contributed by atoms with Crippen LogP contribution in [0.25, 0.3) is 0 Å². The van der Waals surface area contributed by atoms with Crippen LogP contribution in [0, 0.1) is 6.92 Å². The Hall–Kier alpha value is -1.39. The monoisotopic (exact) mass is 288 g/mol. The highest BCUT2D eigenvalue weighted by molar-refractivity contribution is 7.11. The van der Waals surface area contributed by atoms with Crippen LogP contribution in [0.3, 0.4) is 0 Å². The highest BCUT2D eigenvalue weighted by Crippen LogP contribution is 2.43. The molecule has 1 N–H and O–H groups in total. The van der Waals surface area contributed by atoms with Crippen molar-refractivity contribution in [3.8, 4) is 5.75 Å². The summed E-state index contributed by atoms with van der Waals surface area (Å²) in [5, 5.41) is 4.68. The minimum atomic E-state index is -0.211. The Morgan fingerprint density at radius 1 is 1.40 bits per heavy atom. The first-order chi connectivity index (χ1) is 9.71. The summed E-state index contributed by atoms with van der Waals surface area (Å²) < 4.78 is 5.80. The quantitative estimate of drug-likeness (QED) is 0.941. The van der Waals surface area contributed by atoms with E-state index in [0.717, 1.165) is 30.2 Å². The molecule has 0 saturated heterocycles. The van der Waals surface area contributed by atoms with E-state index in [4.69, 9.17) is 9.72 Å². The maximum absolute atomic E-state index is 5.80. The van der Waals surface area contributed by atoms with E-state index in [1.165, 1.54) is 16.1 Å². The molecule has 1 aliphatic heterocycles. The third kappa shape index (κ3) is 1.95. The third-order valence-corrected chi connectivity index (χ3v) is 5.28. The number of hydrogen-bond acceptors (Lipinski definition) is 4. The average molecular weight is 288 g/mol. The summed E-state index contributed by atoms with van der Waals surface area (Å²) in [5.41, 5.74) is 2.20. The second kappa shape index (κ2) is 5.19. The Morgan fingerprint density at radius 2 is 2.20 bits per heavy atom. The predicted molar refractivity (Wildman–Crippen MR) is 82.6 cm³/mol. The van der Waals surface area contributed by atoms with Crippen molar-refractivity contribution >= 4 is 11.3 Å². The zero-order chi connectivity index (χ0) is 14.2. The number of para-hydroxylation sites is 1. The Labute approximate surface area is 124 Å². The molecule has 0 spiro atoms. The molecule has 1 atom stereocenters. The molecule has 0 fully saturated rings. The maximum atomic E-state index is 5.80. The van der Waals surface area contributed by atoms with E-state index in [1.807, 2.05) is 19.2 Å². The SMILES string of the molecule is CCc1nc(C2(NC)CCOc3ccccc32)sc1C. The number of thiazole rings is 1. The van der Waals surface area contributed by atoms with Crippen molar-refractivity contribution in [2.45, 2.75) is 32.2 Å². The summed E-state index contributed by atoms with van der Waals surface area (Å²) in [6.45, 7) is 5.04. The second-order valence-electron chi connectivity index (χ2n) is 5.13. The second-order valence-corrected chi connectivity index (χ2v) is 6.33. The van der Waals surface area contributed by atoms with Crippen LogP contribution in [0.1, 0.15) is 34.5 Å². The number of fused-ring (bicyclic) bond motifs is 1. The normalized spacial score (nSPS) is 21.4. The van der Waals surface area contributed by atoms with Gasteiger partial charge >= 0.3 is 0 Å². The van der Waals surface area contributed by atoms with Crippen LogP contribution in [-0.4, -0.2) is 18.6 Å². The molecule has 1 unspecified atom stereocenters. The van der Waals surface area contributed by atoms with E-state index in [-0.39, 0.29) is 5.54 Å². The molecule has 0 radical (unpaired) electrons. The van der Waals surface area contributed by atoms with Crippen molar-refractivity contribution in [3.63, 3.8) is 0 Å². The van der Waals surface area contributed by atoms with Crippen molar-refractivity contribution in [1.82, 2.24) is 10.3 Å². The predicted octanol–water partition coefficient (Wildman–Crippen LogP) is 3.26. The number of ether oxygens (including phenoxy) is 1. The van der Waals surface area contributed by atoms with Crippen LogP contribution in [-0.2, 0) is 12.0 Å². The lowest BCUT2D eigenvalue weighted by Gasteiger charge is -2.37. The van der Waals surface area contributed by atoms with Gasteiger partial charge in [0.05, 0.1) is 12.3 Å². The van der Waals surface area contributed by atoms with E-state index >= 15 is 0 Å². The van der Waals surface area contributed by atoms with Crippen LogP contribution < -0.4 is 10.1 Å². The first kappa shape index (κ1) is 13.6. The van der Waals surface area contributed by atoms with Gasteiger partial charge in [-0.3, -0.25) is 0 Å². The Bertz CT molecular complexity index is 623. The molecule has 4 heteroatoms. The number of nitrogens with one attached hydrogen (secondary N) is 1. The Balaban J connectivity index is 2.17. The zero-order valence-electron chi connectivity index (χ0n) is 12.2. The average Bonchev–Trinajstić information content (AvgIpc) is 2.88. The summed E-state index contributed by atoms with van der Waals surface area (Å²) in [6.07, 6.45) is 1.90. The molecule has 2 aromatic rings. The maximum Gasteiger partial charge on any atom is 0.124 e. The van der Waals surface area contributed by atoms with E-state index in [9.17, 15) is 0 Å². The van der Waals surface area contributed by atoms with Gasteiger partial charge in [0.1, 0.15) is 16.3 Å². The molecule has 1 aromatic heterocycles. The largest absolute Gasteiger partial charge is 0.493 e. The number of aryl methyl sites for hydroxylation is 2. The topological polar surface area (TPSA) is 34.2 Å². The van der Waals surface area contributed by atoms with Crippen molar-refractivity contribution in [1.29, 1.82) is 0 Å². The minimum Gasteiger partial charge on any atom is -0.493 e. The molecule has 0 bridgehead atoms. The highest BCUT2D eigenvalue weighted by atomic mass is 32.1. The van der Waals surface area contributed by atoms with Crippen molar-refractivity contribution in [2.75, 3.05) is 13.7 Å². The fourth-order valence-corrected chi connectivity index (χ4v) is 4.16. The zero-order valence-corrected chi connectivity index (χ0v) is 13.0. The van der Waals surface area contributed by atoms with Gasteiger partial charge in [0, 0.05) is 16.9 Å². The molecule has 1 aliphatic rings. The summed E-state index contributed by atoms with van der Waals surface area (Å²) in [4.78, 5) is 6.21. The molecule has 3 rings (SSSR count). The van der Waals surface area contributed by atoms with Crippen LogP contribution in [0.15, 0.2) is 24.3 Å². The van der Waals surface area contributed by atoms with Crippen molar-refractivity contribution in [3.05, 3.63) is 45.4 Å². The fourth-order valence-electron chi connectivity index (χ4n) is 2.92. The van der Waals surface area contributed by atoms with Gasteiger partial charge < -0.3 is 10.1 Å². The summed E-state index contributed by atoms with van der Waals surface area (Å²) >= 11 is 1.80. The molecule has 20 heavy (non-hydrogen) atoms. The lowest BCUT2D eigenvalue weighted by Crippen LogP contribution is -2.45. The number of aromatic nitrogens is 1. The van der Waals surface area contributed by atoms with Crippen LogP contribution >= 0.6 is 11.3 Å².